The molecule has 3 rings (SSSR count). The predicted octanol–water partition coefficient (Wildman–Crippen LogP) is 3.59. The van der Waals surface area contributed by atoms with Gasteiger partial charge in [-0.1, -0.05) is 35.9 Å². The average Bonchev–Trinajstić information content (AvgIpc) is 3.02. The molecule has 2 aromatic carbocycles. The summed E-state index contributed by atoms with van der Waals surface area (Å²) in [6, 6.07) is 14.7. The number of carbonyl (C=O) groups is 1. The minimum Gasteiger partial charge on any atom is -0.493 e. The highest BCUT2D eigenvalue weighted by Gasteiger charge is 2.11. The standard InChI is InChI=1S/C20H20ClN3O3/c1-24-17(16(21)11-23-24)12-22-20(25)15-7-5-6-14(10-15)13-27-19-9-4-3-8-18(19)26-2/h3-11H,12-13H2,1-2H3,(H,22,25). The number of benzene rings is 2. The van der Waals surface area contributed by atoms with Crippen LogP contribution < -0.4 is 14.8 Å². The van der Waals surface area contributed by atoms with Crippen molar-refractivity contribution in [1.29, 1.82) is 0 Å². The van der Waals surface area contributed by atoms with Gasteiger partial charge in [-0.05, 0) is 29.8 Å². The van der Waals surface area contributed by atoms with E-state index in [0.717, 1.165) is 11.3 Å². The smallest absolute Gasteiger partial charge is 0.251 e. The van der Waals surface area contributed by atoms with Gasteiger partial charge in [-0.25, -0.2) is 0 Å². The molecule has 3 aromatic rings. The molecule has 0 saturated heterocycles. The monoisotopic (exact) mass is 385 g/mol. The molecule has 1 N–H and O–H groups in total. The van der Waals surface area contributed by atoms with Crippen LogP contribution in [0, 0.1) is 0 Å². The first-order chi connectivity index (χ1) is 13.1. The molecule has 0 atom stereocenters. The van der Waals surface area contributed by atoms with Gasteiger partial charge in [0.15, 0.2) is 11.5 Å². The first-order valence-electron chi connectivity index (χ1n) is 8.38. The van der Waals surface area contributed by atoms with Gasteiger partial charge in [0.05, 0.1) is 30.6 Å². The molecule has 0 aliphatic heterocycles. The third kappa shape index (κ3) is 4.60. The van der Waals surface area contributed by atoms with Gasteiger partial charge >= 0.3 is 0 Å². The summed E-state index contributed by atoms with van der Waals surface area (Å²) in [6.45, 7) is 0.630. The Kier molecular flexibility index (Phi) is 5.98. The zero-order valence-electron chi connectivity index (χ0n) is 15.1. The summed E-state index contributed by atoms with van der Waals surface area (Å²) in [4.78, 5) is 12.4. The van der Waals surface area contributed by atoms with E-state index in [0.29, 0.717) is 35.2 Å². The molecule has 140 valence electrons. The fourth-order valence-electron chi connectivity index (χ4n) is 2.60. The molecule has 0 saturated carbocycles. The highest BCUT2D eigenvalue weighted by Crippen LogP contribution is 2.26. The molecule has 6 nitrogen and oxygen atoms in total. The van der Waals surface area contributed by atoms with Crippen molar-refractivity contribution in [1.82, 2.24) is 15.1 Å². The Bertz CT molecular complexity index is 920. The topological polar surface area (TPSA) is 65.4 Å². The van der Waals surface area contributed by atoms with Crippen molar-refractivity contribution in [3.8, 4) is 11.5 Å². The van der Waals surface area contributed by atoms with Crippen LogP contribution in [0.4, 0.5) is 0 Å². The molecule has 0 aliphatic rings. The van der Waals surface area contributed by atoms with Crippen LogP contribution in [0.3, 0.4) is 0 Å². The minimum absolute atomic E-state index is 0.189. The fraction of sp³-hybridized carbons (Fsp3) is 0.200. The van der Waals surface area contributed by atoms with E-state index in [4.69, 9.17) is 21.1 Å². The summed E-state index contributed by atoms with van der Waals surface area (Å²) in [5.74, 6) is 1.13. The number of amides is 1. The summed E-state index contributed by atoms with van der Waals surface area (Å²) < 4.78 is 12.7. The van der Waals surface area contributed by atoms with Crippen LogP contribution in [-0.2, 0) is 20.2 Å². The molecule has 0 bridgehead atoms. The summed E-state index contributed by atoms with van der Waals surface area (Å²) >= 11 is 6.06. The lowest BCUT2D eigenvalue weighted by molar-refractivity contribution is 0.0950. The van der Waals surface area contributed by atoms with Crippen LogP contribution >= 0.6 is 11.6 Å². The second-order valence-electron chi connectivity index (χ2n) is 5.89. The molecule has 1 heterocycles. The van der Waals surface area contributed by atoms with Crippen molar-refractivity contribution in [3.63, 3.8) is 0 Å². The molecule has 0 aliphatic carbocycles. The molecule has 0 fully saturated rings. The molecule has 0 unspecified atom stereocenters. The number of carbonyl (C=O) groups excluding carboxylic acids is 1. The Morgan fingerprint density at radius 1 is 1.19 bits per heavy atom. The molecular formula is C20H20ClN3O3. The number of hydrogen-bond donors (Lipinski definition) is 1. The van der Waals surface area contributed by atoms with Crippen LogP contribution in [0.5, 0.6) is 11.5 Å². The molecule has 1 amide bonds. The molecule has 0 radical (unpaired) electrons. The number of methoxy groups -OCH3 is 1. The third-order valence-electron chi connectivity index (χ3n) is 4.08. The van der Waals surface area contributed by atoms with Crippen molar-refractivity contribution in [2.24, 2.45) is 7.05 Å². The van der Waals surface area contributed by atoms with Crippen LogP contribution in [0.1, 0.15) is 21.6 Å². The number of nitrogens with one attached hydrogen (secondary N) is 1. The lowest BCUT2D eigenvalue weighted by atomic mass is 10.1. The van der Waals surface area contributed by atoms with Gasteiger partial charge in [0.2, 0.25) is 0 Å². The van der Waals surface area contributed by atoms with E-state index in [2.05, 4.69) is 10.4 Å². The molecular weight excluding hydrogens is 366 g/mol. The van der Waals surface area contributed by atoms with Crippen molar-refractivity contribution >= 4 is 17.5 Å². The summed E-state index contributed by atoms with van der Waals surface area (Å²) in [5, 5.41) is 7.44. The third-order valence-corrected chi connectivity index (χ3v) is 4.40. The zero-order valence-corrected chi connectivity index (χ0v) is 15.9. The van der Waals surface area contributed by atoms with E-state index in [-0.39, 0.29) is 5.91 Å². The summed E-state index contributed by atoms with van der Waals surface area (Å²) in [7, 11) is 3.38. The van der Waals surface area contributed by atoms with Crippen molar-refractivity contribution in [2.45, 2.75) is 13.2 Å². The predicted molar refractivity (Wildman–Crippen MR) is 103 cm³/mol. The Hall–Kier alpha value is -2.99. The van der Waals surface area contributed by atoms with Gasteiger partial charge < -0.3 is 14.8 Å². The lowest BCUT2D eigenvalue weighted by Crippen LogP contribution is -2.24. The number of nitrogens with zero attached hydrogens (tertiary/aromatic N) is 2. The fourth-order valence-corrected chi connectivity index (χ4v) is 2.84. The Labute approximate surface area is 162 Å². The Morgan fingerprint density at radius 3 is 2.67 bits per heavy atom. The number of halogens is 1. The van der Waals surface area contributed by atoms with Crippen LogP contribution in [0.25, 0.3) is 0 Å². The maximum Gasteiger partial charge on any atom is 0.251 e. The molecule has 1 aromatic heterocycles. The van der Waals surface area contributed by atoms with Gasteiger partial charge in [0, 0.05) is 12.6 Å². The van der Waals surface area contributed by atoms with E-state index in [9.17, 15) is 4.79 Å². The Balaban J connectivity index is 1.63. The van der Waals surface area contributed by atoms with E-state index in [1.807, 2.05) is 36.4 Å². The summed E-state index contributed by atoms with van der Waals surface area (Å²) in [5.41, 5.74) is 2.18. The largest absolute Gasteiger partial charge is 0.493 e. The quantitative estimate of drug-likeness (QED) is 0.675. The van der Waals surface area contributed by atoms with E-state index in [1.165, 1.54) is 0 Å². The Morgan fingerprint density at radius 2 is 1.96 bits per heavy atom. The molecule has 27 heavy (non-hydrogen) atoms. The van der Waals surface area contributed by atoms with Crippen LogP contribution in [-0.4, -0.2) is 22.8 Å². The second-order valence-corrected chi connectivity index (χ2v) is 6.29. The number of aryl methyl sites for hydroxylation is 1. The first-order valence-corrected chi connectivity index (χ1v) is 8.75. The maximum atomic E-state index is 12.4. The molecule has 7 heteroatoms. The number of para-hydroxylation sites is 2. The lowest BCUT2D eigenvalue weighted by Gasteiger charge is -2.11. The van der Waals surface area contributed by atoms with Gasteiger partial charge in [0.1, 0.15) is 6.61 Å². The van der Waals surface area contributed by atoms with Gasteiger partial charge in [0.25, 0.3) is 5.91 Å². The van der Waals surface area contributed by atoms with Gasteiger partial charge in [-0.2, -0.15) is 5.10 Å². The number of aromatic nitrogens is 2. The van der Waals surface area contributed by atoms with Crippen molar-refractivity contribution in [3.05, 3.63) is 76.6 Å². The van der Waals surface area contributed by atoms with Gasteiger partial charge in [-0.15, -0.1) is 0 Å². The SMILES string of the molecule is COc1ccccc1OCc1cccc(C(=O)NCc2c(Cl)cnn2C)c1. The van der Waals surface area contributed by atoms with Crippen LogP contribution in [0.15, 0.2) is 54.7 Å². The van der Waals surface area contributed by atoms with E-state index >= 15 is 0 Å². The first kappa shape index (κ1) is 18.8. The van der Waals surface area contributed by atoms with Crippen molar-refractivity contribution in [2.75, 3.05) is 7.11 Å². The summed E-state index contributed by atoms with van der Waals surface area (Å²) in [6.07, 6.45) is 1.55. The second kappa shape index (κ2) is 8.60. The van der Waals surface area contributed by atoms with Crippen molar-refractivity contribution < 1.29 is 14.3 Å². The molecule has 0 spiro atoms. The minimum atomic E-state index is -0.189. The number of rotatable bonds is 7. The van der Waals surface area contributed by atoms with Gasteiger partial charge in [-0.3, -0.25) is 9.48 Å². The highest BCUT2D eigenvalue weighted by molar-refractivity contribution is 6.31. The van der Waals surface area contributed by atoms with Crippen LogP contribution in [0.2, 0.25) is 5.02 Å². The zero-order chi connectivity index (χ0) is 19.2. The maximum absolute atomic E-state index is 12.4. The highest BCUT2D eigenvalue weighted by atomic mass is 35.5. The normalized spacial score (nSPS) is 10.5. The van der Waals surface area contributed by atoms with E-state index in [1.54, 1.807) is 37.2 Å². The average molecular weight is 386 g/mol. The van der Waals surface area contributed by atoms with E-state index < -0.39 is 0 Å². The number of ether oxygens (including phenoxy) is 2. The number of hydrogen-bond acceptors (Lipinski definition) is 4.